The molecule has 0 aliphatic rings. The van der Waals surface area contributed by atoms with Gasteiger partial charge in [0.25, 0.3) is 0 Å². The van der Waals surface area contributed by atoms with E-state index in [0.29, 0.717) is 0 Å². The maximum absolute atomic E-state index is 4.38. The fraction of sp³-hybridized carbons (Fsp3) is 0.0714. The zero-order chi connectivity index (χ0) is 11.4. The van der Waals surface area contributed by atoms with E-state index in [4.69, 9.17) is 0 Å². The molecule has 80 valence electrons. The Balaban J connectivity index is 2.27. The van der Waals surface area contributed by atoms with Crippen molar-refractivity contribution in [3.05, 3.63) is 60.9 Å². The lowest BCUT2D eigenvalue weighted by Gasteiger charge is -2.03. The number of hydrogen-bond donors (Lipinski definition) is 1. The number of rotatable bonds is 3. The number of aromatic nitrogens is 1. The van der Waals surface area contributed by atoms with Crippen LogP contribution in [-0.4, -0.2) is 4.98 Å². The highest BCUT2D eigenvalue weighted by Gasteiger charge is 1.98. The normalized spacial score (nSPS) is 9.81. The Kier molecular flexibility index (Phi) is 3.01. The number of pyridine rings is 1. The predicted octanol–water partition coefficient (Wildman–Crippen LogP) is 3.61. The molecule has 2 nitrogen and oxygen atoms in total. The lowest BCUT2D eigenvalue weighted by molar-refractivity contribution is 1.27. The van der Waals surface area contributed by atoms with Crippen molar-refractivity contribution in [2.24, 2.45) is 0 Å². The van der Waals surface area contributed by atoms with Crippen molar-refractivity contribution in [3.8, 4) is 11.3 Å². The van der Waals surface area contributed by atoms with Gasteiger partial charge in [-0.15, -0.1) is 0 Å². The van der Waals surface area contributed by atoms with Crippen molar-refractivity contribution in [3.63, 3.8) is 0 Å². The highest BCUT2D eigenvalue weighted by atomic mass is 14.8. The molecule has 2 heteroatoms. The van der Waals surface area contributed by atoms with Gasteiger partial charge in [-0.05, 0) is 36.9 Å². The Bertz CT molecular complexity index is 469. The number of nitrogens with zero attached hydrogens (tertiary/aromatic N) is 1. The fourth-order valence-electron chi connectivity index (χ4n) is 1.49. The van der Waals surface area contributed by atoms with Gasteiger partial charge in [0.1, 0.15) is 0 Å². The van der Waals surface area contributed by atoms with Gasteiger partial charge in [0, 0.05) is 17.4 Å². The van der Waals surface area contributed by atoms with Gasteiger partial charge in [0.2, 0.25) is 0 Å². The van der Waals surface area contributed by atoms with Crippen LogP contribution in [0.3, 0.4) is 0 Å². The first-order valence-electron chi connectivity index (χ1n) is 5.20. The maximum Gasteiger partial charge on any atom is 0.0702 e. The van der Waals surface area contributed by atoms with Crippen molar-refractivity contribution in [1.29, 1.82) is 0 Å². The molecule has 0 amide bonds. The van der Waals surface area contributed by atoms with Gasteiger partial charge in [-0.25, -0.2) is 0 Å². The minimum atomic E-state index is 0.996. The third kappa shape index (κ3) is 2.28. The van der Waals surface area contributed by atoms with Crippen LogP contribution in [0.2, 0.25) is 0 Å². The van der Waals surface area contributed by atoms with Crippen molar-refractivity contribution >= 4 is 5.69 Å². The lowest BCUT2D eigenvalue weighted by Crippen LogP contribution is -1.87. The summed E-state index contributed by atoms with van der Waals surface area (Å²) in [7, 11) is 0. The van der Waals surface area contributed by atoms with E-state index in [-0.39, 0.29) is 0 Å². The molecule has 2 aromatic rings. The Hall–Kier alpha value is -2.09. The molecule has 0 atom stereocenters. The molecular formula is C14H14N2. The maximum atomic E-state index is 4.38. The van der Waals surface area contributed by atoms with Crippen LogP contribution in [0, 0.1) is 6.92 Å². The number of anilines is 1. The average molecular weight is 210 g/mol. The second-order valence-electron chi connectivity index (χ2n) is 3.65. The molecule has 1 aromatic heterocycles. The van der Waals surface area contributed by atoms with E-state index < -0.39 is 0 Å². The summed E-state index contributed by atoms with van der Waals surface area (Å²) in [6.07, 6.45) is 3.55. The summed E-state index contributed by atoms with van der Waals surface area (Å²) in [5, 5.41) is 3.04. The first-order chi connectivity index (χ1) is 7.79. The molecule has 0 aliphatic carbocycles. The van der Waals surface area contributed by atoms with Crippen molar-refractivity contribution in [1.82, 2.24) is 4.98 Å². The van der Waals surface area contributed by atoms with Gasteiger partial charge in [0.05, 0.1) is 5.69 Å². The Labute approximate surface area is 95.7 Å². The molecule has 16 heavy (non-hydrogen) atoms. The van der Waals surface area contributed by atoms with Crippen LogP contribution in [0.25, 0.3) is 11.3 Å². The molecule has 0 bridgehead atoms. The highest BCUT2D eigenvalue weighted by molar-refractivity contribution is 5.62. The first kappa shape index (κ1) is 10.4. The molecule has 1 N–H and O–H groups in total. The predicted molar refractivity (Wildman–Crippen MR) is 68.2 cm³/mol. The zero-order valence-electron chi connectivity index (χ0n) is 9.27. The van der Waals surface area contributed by atoms with Gasteiger partial charge < -0.3 is 5.32 Å². The van der Waals surface area contributed by atoms with Crippen LogP contribution in [0.4, 0.5) is 5.69 Å². The van der Waals surface area contributed by atoms with Crippen LogP contribution in [0.5, 0.6) is 0 Å². The minimum absolute atomic E-state index is 0.996. The van der Waals surface area contributed by atoms with Gasteiger partial charge >= 0.3 is 0 Å². The van der Waals surface area contributed by atoms with E-state index in [2.05, 4.69) is 22.9 Å². The fourth-order valence-corrected chi connectivity index (χ4v) is 1.49. The van der Waals surface area contributed by atoms with Gasteiger partial charge in [-0.1, -0.05) is 24.8 Å². The summed E-state index contributed by atoms with van der Waals surface area (Å²) in [6, 6.07) is 12.2. The minimum Gasteiger partial charge on any atom is -0.362 e. The number of hydrogen-bond acceptors (Lipinski definition) is 2. The van der Waals surface area contributed by atoms with E-state index in [1.165, 1.54) is 5.56 Å². The van der Waals surface area contributed by atoms with Gasteiger partial charge in [0.15, 0.2) is 0 Å². The van der Waals surface area contributed by atoms with Crippen LogP contribution < -0.4 is 5.32 Å². The van der Waals surface area contributed by atoms with E-state index in [0.717, 1.165) is 16.9 Å². The summed E-state index contributed by atoms with van der Waals surface area (Å²) in [5.74, 6) is 0. The molecule has 1 heterocycles. The van der Waals surface area contributed by atoms with Crippen LogP contribution in [0.1, 0.15) is 5.56 Å². The molecule has 0 unspecified atom stereocenters. The Morgan fingerprint density at radius 1 is 1.12 bits per heavy atom. The highest BCUT2D eigenvalue weighted by Crippen LogP contribution is 2.19. The standard InChI is InChI=1S/C14H14N2/c1-3-15-13-7-5-12(6-8-13)14-9-4-11(2)10-16-14/h3-10,15H,1H2,2H3. The van der Waals surface area contributed by atoms with E-state index in [9.17, 15) is 0 Å². The van der Waals surface area contributed by atoms with Crippen LogP contribution in [-0.2, 0) is 0 Å². The van der Waals surface area contributed by atoms with E-state index in [1.807, 2.05) is 43.5 Å². The molecule has 0 fully saturated rings. The molecule has 1 aromatic carbocycles. The monoisotopic (exact) mass is 210 g/mol. The second-order valence-corrected chi connectivity index (χ2v) is 3.65. The zero-order valence-corrected chi connectivity index (χ0v) is 9.27. The third-order valence-electron chi connectivity index (χ3n) is 2.36. The summed E-state index contributed by atoms with van der Waals surface area (Å²) in [4.78, 5) is 4.38. The molecule has 2 rings (SSSR count). The molecular weight excluding hydrogens is 196 g/mol. The van der Waals surface area contributed by atoms with Crippen molar-refractivity contribution < 1.29 is 0 Å². The molecule has 0 radical (unpaired) electrons. The lowest BCUT2D eigenvalue weighted by atomic mass is 10.1. The number of benzene rings is 1. The van der Waals surface area contributed by atoms with Crippen LogP contribution in [0.15, 0.2) is 55.4 Å². The van der Waals surface area contributed by atoms with Crippen LogP contribution >= 0.6 is 0 Å². The molecule has 0 saturated heterocycles. The largest absolute Gasteiger partial charge is 0.362 e. The summed E-state index contributed by atoms with van der Waals surface area (Å²) in [5.41, 5.74) is 4.32. The third-order valence-corrected chi connectivity index (χ3v) is 2.36. The Morgan fingerprint density at radius 2 is 1.88 bits per heavy atom. The quantitative estimate of drug-likeness (QED) is 0.837. The average Bonchev–Trinajstić information content (AvgIpc) is 2.32. The number of nitrogens with one attached hydrogen (secondary N) is 1. The smallest absolute Gasteiger partial charge is 0.0702 e. The van der Waals surface area contributed by atoms with Gasteiger partial charge in [-0.3, -0.25) is 4.98 Å². The topological polar surface area (TPSA) is 24.9 Å². The summed E-state index contributed by atoms with van der Waals surface area (Å²) >= 11 is 0. The van der Waals surface area contributed by atoms with E-state index >= 15 is 0 Å². The number of aryl methyl sites for hydroxylation is 1. The van der Waals surface area contributed by atoms with Crippen molar-refractivity contribution in [2.75, 3.05) is 5.32 Å². The Morgan fingerprint density at radius 3 is 2.44 bits per heavy atom. The molecule has 0 aliphatic heterocycles. The van der Waals surface area contributed by atoms with E-state index in [1.54, 1.807) is 6.20 Å². The SMILES string of the molecule is C=CNc1ccc(-c2ccc(C)cn2)cc1. The molecule has 0 spiro atoms. The summed E-state index contributed by atoms with van der Waals surface area (Å²) in [6.45, 7) is 5.66. The summed E-state index contributed by atoms with van der Waals surface area (Å²) < 4.78 is 0. The van der Waals surface area contributed by atoms with Gasteiger partial charge in [-0.2, -0.15) is 0 Å². The van der Waals surface area contributed by atoms with Crippen molar-refractivity contribution in [2.45, 2.75) is 6.92 Å². The second kappa shape index (κ2) is 4.62. The first-order valence-corrected chi connectivity index (χ1v) is 5.20. The molecule has 0 saturated carbocycles.